The van der Waals surface area contributed by atoms with Gasteiger partial charge in [0.05, 0.1) is 12.5 Å². The van der Waals surface area contributed by atoms with Gasteiger partial charge in [-0.1, -0.05) is 6.07 Å². The lowest BCUT2D eigenvalue weighted by Crippen LogP contribution is -2.01. The lowest BCUT2D eigenvalue weighted by Gasteiger charge is -2.00. The highest BCUT2D eigenvalue weighted by atomic mass is 16.5. The summed E-state index contributed by atoms with van der Waals surface area (Å²) < 4.78 is 10.1. The van der Waals surface area contributed by atoms with Crippen LogP contribution in [0.15, 0.2) is 18.2 Å². The SMILES string of the molecule is COc1cccc2c(OC(C)=O)n[nH]c12. The fourth-order valence-electron chi connectivity index (χ4n) is 1.38. The lowest BCUT2D eigenvalue weighted by atomic mass is 10.2. The second-order valence-electron chi connectivity index (χ2n) is 3.01. The number of carbonyl (C=O) groups is 1. The van der Waals surface area contributed by atoms with Crippen LogP contribution in [-0.4, -0.2) is 23.3 Å². The topological polar surface area (TPSA) is 64.2 Å². The van der Waals surface area contributed by atoms with E-state index in [1.165, 1.54) is 6.92 Å². The van der Waals surface area contributed by atoms with Crippen LogP contribution in [0.5, 0.6) is 11.6 Å². The summed E-state index contributed by atoms with van der Waals surface area (Å²) in [6.07, 6.45) is 0. The van der Waals surface area contributed by atoms with Gasteiger partial charge in [0.25, 0.3) is 0 Å². The van der Waals surface area contributed by atoms with Crippen molar-refractivity contribution in [3.05, 3.63) is 18.2 Å². The maximum atomic E-state index is 10.8. The molecule has 1 N–H and O–H groups in total. The van der Waals surface area contributed by atoms with Crippen LogP contribution in [0.4, 0.5) is 0 Å². The quantitative estimate of drug-likeness (QED) is 0.756. The van der Waals surface area contributed by atoms with Gasteiger partial charge in [-0.3, -0.25) is 9.89 Å². The zero-order valence-corrected chi connectivity index (χ0v) is 8.40. The Balaban J connectivity index is 2.55. The first-order valence-corrected chi connectivity index (χ1v) is 4.42. The van der Waals surface area contributed by atoms with Crippen LogP contribution in [0.25, 0.3) is 10.9 Å². The molecule has 0 amide bonds. The maximum absolute atomic E-state index is 10.8. The molecule has 0 radical (unpaired) electrons. The number of methoxy groups -OCH3 is 1. The molecule has 0 aliphatic rings. The zero-order chi connectivity index (χ0) is 10.8. The smallest absolute Gasteiger partial charge is 0.309 e. The number of esters is 1. The molecule has 2 rings (SSSR count). The van der Waals surface area contributed by atoms with E-state index >= 15 is 0 Å². The predicted molar refractivity (Wildman–Crippen MR) is 54.0 cm³/mol. The molecule has 1 aromatic heterocycles. The van der Waals surface area contributed by atoms with E-state index in [1.807, 2.05) is 6.07 Å². The fraction of sp³-hybridized carbons (Fsp3) is 0.200. The summed E-state index contributed by atoms with van der Waals surface area (Å²) in [4.78, 5) is 10.8. The Labute approximate surface area is 86.0 Å². The minimum atomic E-state index is -0.397. The van der Waals surface area contributed by atoms with Crippen molar-refractivity contribution in [3.8, 4) is 11.6 Å². The van der Waals surface area contributed by atoms with Crippen molar-refractivity contribution in [1.82, 2.24) is 10.2 Å². The first-order chi connectivity index (χ1) is 7.22. The molecule has 5 heteroatoms. The number of aromatic nitrogens is 2. The molecule has 1 heterocycles. The van der Waals surface area contributed by atoms with Gasteiger partial charge < -0.3 is 9.47 Å². The van der Waals surface area contributed by atoms with E-state index < -0.39 is 5.97 Å². The third kappa shape index (κ3) is 1.63. The highest BCUT2D eigenvalue weighted by molar-refractivity contribution is 5.90. The Bertz CT molecular complexity index is 504. The first-order valence-electron chi connectivity index (χ1n) is 4.42. The van der Waals surface area contributed by atoms with Crippen LogP contribution < -0.4 is 9.47 Å². The van der Waals surface area contributed by atoms with Gasteiger partial charge in [0.1, 0.15) is 11.3 Å². The van der Waals surface area contributed by atoms with Crippen LogP contribution in [0.3, 0.4) is 0 Å². The van der Waals surface area contributed by atoms with Crippen molar-refractivity contribution in [3.63, 3.8) is 0 Å². The number of H-pyrrole nitrogens is 1. The largest absolute Gasteiger partial charge is 0.494 e. The molecule has 0 spiro atoms. The Morgan fingerprint density at radius 3 is 2.93 bits per heavy atom. The summed E-state index contributed by atoms with van der Waals surface area (Å²) in [5.74, 6) is 0.543. The average Bonchev–Trinajstić information content (AvgIpc) is 2.61. The number of para-hydroxylation sites is 1. The van der Waals surface area contributed by atoms with Crippen LogP contribution in [-0.2, 0) is 4.79 Å². The van der Waals surface area contributed by atoms with Gasteiger partial charge in [-0.2, -0.15) is 0 Å². The second-order valence-corrected chi connectivity index (χ2v) is 3.01. The summed E-state index contributed by atoms with van der Waals surface area (Å²) >= 11 is 0. The van der Waals surface area contributed by atoms with Gasteiger partial charge in [-0.25, -0.2) is 0 Å². The molecule has 78 valence electrons. The van der Waals surface area contributed by atoms with E-state index in [0.717, 1.165) is 10.9 Å². The fourth-order valence-corrected chi connectivity index (χ4v) is 1.38. The van der Waals surface area contributed by atoms with E-state index in [-0.39, 0.29) is 5.88 Å². The third-order valence-electron chi connectivity index (χ3n) is 1.99. The van der Waals surface area contributed by atoms with Gasteiger partial charge in [-0.15, -0.1) is 5.10 Å². The van der Waals surface area contributed by atoms with Gasteiger partial charge >= 0.3 is 5.97 Å². The van der Waals surface area contributed by atoms with Crippen LogP contribution in [0.2, 0.25) is 0 Å². The summed E-state index contributed by atoms with van der Waals surface area (Å²) in [5, 5.41) is 7.38. The molecular formula is C10H10N2O3. The average molecular weight is 206 g/mol. The van der Waals surface area contributed by atoms with Crippen LogP contribution >= 0.6 is 0 Å². The number of hydrogen-bond donors (Lipinski definition) is 1. The normalized spacial score (nSPS) is 10.3. The van der Waals surface area contributed by atoms with E-state index in [2.05, 4.69) is 10.2 Å². The molecule has 15 heavy (non-hydrogen) atoms. The molecule has 0 unspecified atom stereocenters. The van der Waals surface area contributed by atoms with Crippen molar-refractivity contribution in [2.24, 2.45) is 0 Å². The monoisotopic (exact) mass is 206 g/mol. The van der Waals surface area contributed by atoms with Gasteiger partial charge in [0.15, 0.2) is 0 Å². The molecule has 0 saturated carbocycles. The number of hydrogen-bond acceptors (Lipinski definition) is 4. The summed E-state index contributed by atoms with van der Waals surface area (Å²) in [7, 11) is 1.57. The van der Waals surface area contributed by atoms with E-state index in [9.17, 15) is 4.79 Å². The zero-order valence-electron chi connectivity index (χ0n) is 8.40. The molecule has 1 aromatic carbocycles. The van der Waals surface area contributed by atoms with Crippen molar-refractivity contribution < 1.29 is 14.3 Å². The van der Waals surface area contributed by atoms with E-state index in [0.29, 0.717) is 5.75 Å². The molecule has 2 aromatic rings. The Morgan fingerprint density at radius 2 is 2.27 bits per heavy atom. The van der Waals surface area contributed by atoms with Gasteiger partial charge in [-0.05, 0) is 12.1 Å². The second kappa shape index (κ2) is 3.61. The predicted octanol–water partition coefficient (Wildman–Crippen LogP) is 1.50. The van der Waals surface area contributed by atoms with Crippen LogP contribution in [0, 0.1) is 0 Å². The highest BCUT2D eigenvalue weighted by Crippen LogP contribution is 2.29. The number of rotatable bonds is 2. The number of nitrogens with one attached hydrogen (secondary N) is 1. The molecule has 5 nitrogen and oxygen atoms in total. The molecular weight excluding hydrogens is 196 g/mol. The summed E-state index contributed by atoms with van der Waals surface area (Å²) in [6, 6.07) is 5.42. The van der Waals surface area contributed by atoms with E-state index in [4.69, 9.17) is 9.47 Å². The lowest BCUT2D eigenvalue weighted by molar-refractivity contribution is -0.132. The first kappa shape index (κ1) is 9.51. The van der Waals surface area contributed by atoms with E-state index in [1.54, 1.807) is 19.2 Å². The van der Waals surface area contributed by atoms with Crippen molar-refractivity contribution in [1.29, 1.82) is 0 Å². The molecule has 0 aliphatic heterocycles. The molecule has 0 bridgehead atoms. The Hall–Kier alpha value is -2.04. The minimum Gasteiger partial charge on any atom is -0.494 e. The number of aromatic amines is 1. The number of nitrogens with zero attached hydrogens (tertiary/aromatic N) is 1. The third-order valence-corrected chi connectivity index (χ3v) is 1.99. The van der Waals surface area contributed by atoms with Crippen molar-refractivity contribution >= 4 is 16.9 Å². The number of fused-ring (bicyclic) bond motifs is 1. The molecule has 0 atom stereocenters. The Morgan fingerprint density at radius 1 is 1.47 bits per heavy atom. The summed E-state index contributed by atoms with van der Waals surface area (Å²) in [5.41, 5.74) is 0.719. The van der Waals surface area contributed by atoms with Gasteiger partial charge in [0.2, 0.25) is 5.88 Å². The van der Waals surface area contributed by atoms with Crippen LogP contribution in [0.1, 0.15) is 6.92 Å². The molecule has 0 saturated heterocycles. The van der Waals surface area contributed by atoms with Crippen molar-refractivity contribution in [2.75, 3.05) is 7.11 Å². The van der Waals surface area contributed by atoms with Crippen molar-refractivity contribution in [2.45, 2.75) is 6.92 Å². The molecule has 0 fully saturated rings. The number of ether oxygens (including phenoxy) is 2. The minimum absolute atomic E-state index is 0.274. The summed E-state index contributed by atoms with van der Waals surface area (Å²) in [6.45, 7) is 1.33. The number of carbonyl (C=O) groups excluding carboxylic acids is 1. The standard InChI is InChI=1S/C10H10N2O3/c1-6(13)15-10-7-4-3-5-8(14-2)9(7)11-12-10/h3-5H,1-2H3,(H,11,12). The maximum Gasteiger partial charge on any atom is 0.309 e. The molecule has 0 aliphatic carbocycles. The number of benzene rings is 1. The van der Waals surface area contributed by atoms with Gasteiger partial charge in [0, 0.05) is 6.92 Å². The Kier molecular flexibility index (Phi) is 2.29. The highest BCUT2D eigenvalue weighted by Gasteiger charge is 2.11.